The molecule has 0 atom stereocenters. The summed E-state index contributed by atoms with van der Waals surface area (Å²) in [6.45, 7) is 2.04. The zero-order chi connectivity index (χ0) is 14.7. The van der Waals surface area contributed by atoms with E-state index in [4.69, 9.17) is 11.6 Å². The molecule has 0 aliphatic rings. The summed E-state index contributed by atoms with van der Waals surface area (Å²) in [5.74, 6) is 0.553. The van der Waals surface area contributed by atoms with Gasteiger partial charge >= 0.3 is 0 Å². The van der Waals surface area contributed by atoms with Gasteiger partial charge in [-0.15, -0.1) is 0 Å². The van der Waals surface area contributed by atoms with Crippen molar-refractivity contribution in [3.63, 3.8) is 0 Å². The number of anilines is 2. The average molecular weight is 297 g/mol. The highest BCUT2D eigenvalue weighted by Crippen LogP contribution is 2.21. The lowest BCUT2D eigenvalue weighted by molar-refractivity contribution is 1.16. The van der Waals surface area contributed by atoms with E-state index in [-0.39, 0.29) is 0 Å². The standard InChI is InChI=1S/C16H13ClN4/c1-11-4-2-3-5-13(11)20-16-18-9-8-14(21-16)12-6-7-15(17)19-10-12/h2-10H,1H3,(H,18,20,21). The molecule has 0 bridgehead atoms. The fourth-order valence-corrected chi connectivity index (χ4v) is 2.05. The lowest BCUT2D eigenvalue weighted by Gasteiger charge is -2.08. The van der Waals surface area contributed by atoms with Crippen molar-refractivity contribution in [3.05, 3.63) is 65.6 Å². The van der Waals surface area contributed by atoms with Crippen LogP contribution in [-0.4, -0.2) is 15.0 Å². The van der Waals surface area contributed by atoms with Gasteiger partial charge in [-0.3, -0.25) is 0 Å². The van der Waals surface area contributed by atoms with Gasteiger partial charge in [0, 0.05) is 23.6 Å². The molecular weight excluding hydrogens is 284 g/mol. The molecule has 2 aromatic heterocycles. The molecule has 0 aliphatic carbocycles. The SMILES string of the molecule is Cc1ccccc1Nc1nccc(-c2ccc(Cl)nc2)n1. The van der Waals surface area contributed by atoms with Crippen molar-refractivity contribution >= 4 is 23.2 Å². The smallest absolute Gasteiger partial charge is 0.227 e. The third kappa shape index (κ3) is 3.17. The van der Waals surface area contributed by atoms with Crippen LogP contribution >= 0.6 is 11.6 Å². The largest absolute Gasteiger partial charge is 0.324 e. The maximum Gasteiger partial charge on any atom is 0.227 e. The molecule has 4 nitrogen and oxygen atoms in total. The van der Waals surface area contributed by atoms with Crippen LogP contribution in [0, 0.1) is 6.92 Å². The van der Waals surface area contributed by atoms with Gasteiger partial charge in [-0.05, 0) is 36.8 Å². The number of nitrogens with one attached hydrogen (secondary N) is 1. The summed E-state index contributed by atoms with van der Waals surface area (Å²) < 4.78 is 0. The monoisotopic (exact) mass is 296 g/mol. The second kappa shape index (κ2) is 5.89. The van der Waals surface area contributed by atoms with E-state index in [0.717, 1.165) is 22.5 Å². The Kier molecular flexibility index (Phi) is 3.79. The fourth-order valence-electron chi connectivity index (χ4n) is 1.94. The first-order valence-electron chi connectivity index (χ1n) is 6.50. The highest BCUT2D eigenvalue weighted by molar-refractivity contribution is 6.29. The highest BCUT2D eigenvalue weighted by atomic mass is 35.5. The number of aryl methyl sites for hydroxylation is 1. The van der Waals surface area contributed by atoms with Crippen LogP contribution in [0.2, 0.25) is 5.15 Å². The summed E-state index contributed by atoms with van der Waals surface area (Å²) in [6.07, 6.45) is 3.42. The molecular formula is C16H13ClN4. The molecule has 104 valence electrons. The zero-order valence-corrected chi connectivity index (χ0v) is 12.2. The molecule has 3 rings (SSSR count). The number of rotatable bonds is 3. The van der Waals surface area contributed by atoms with Gasteiger partial charge in [0.25, 0.3) is 0 Å². The van der Waals surface area contributed by atoms with E-state index < -0.39 is 0 Å². The minimum absolute atomic E-state index is 0.464. The quantitative estimate of drug-likeness (QED) is 0.734. The molecule has 3 aromatic rings. The average Bonchev–Trinajstić information content (AvgIpc) is 2.51. The number of halogens is 1. The van der Waals surface area contributed by atoms with Crippen LogP contribution in [0.4, 0.5) is 11.6 Å². The Bertz CT molecular complexity index is 756. The first kappa shape index (κ1) is 13.5. The molecule has 0 unspecified atom stereocenters. The van der Waals surface area contributed by atoms with Crippen LogP contribution in [0.1, 0.15) is 5.56 Å². The molecule has 0 saturated carbocycles. The summed E-state index contributed by atoms with van der Waals surface area (Å²) in [5.41, 5.74) is 3.82. The summed E-state index contributed by atoms with van der Waals surface area (Å²) in [4.78, 5) is 12.8. The third-order valence-corrected chi connectivity index (χ3v) is 3.29. The molecule has 0 radical (unpaired) electrons. The van der Waals surface area contributed by atoms with E-state index in [9.17, 15) is 0 Å². The summed E-state index contributed by atoms with van der Waals surface area (Å²) in [6, 6.07) is 13.5. The fraction of sp³-hybridized carbons (Fsp3) is 0.0625. The van der Waals surface area contributed by atoms with E-state index in [1.54, 1.807) is 18.5 Å². The van der Waals surface area contributed by atoms with Gasteiger partial charge in [-0.25, -0.2) is 15.0 Å². The van der Waals surface area contributed by atoms with E-state index in [2.05, 4.69) is 20.3 Å². The second-order valence-corrected chi connectivity index (χ2v) is 4.96. The highest BCUT2D eigenvalue weighted by Gasteiger charge is 2.04. The molecule has 0 spiro atoms. The number of aromatic nitrogens is 3. The Balaban J connectivity index is 1.90. The Morgan fingerprint density at radius 3 is 2.62 bits per heavy atom. The van der Waals surface area contributed by atoms with Crippen molar-refractivity contribution in [2.45, 2.75) is 6.92 Å². The Hall–Kier alpha value is -2.46. The van der Waals surface area contributed by atoms with Crippen LogP contribution in [0.5, 0.6) is 0 Å². The van der Waals surface area contributed by atoms with E-state index in [0.29, 0.717) is 11.1 Å². The number of para-hydroxylation sites is 1. The summed E-state index contributed by atoms with van der Waals surface area (Å²) >= 11 is 5.80. The van der Waals surface area contributed by atoms with Crippen molar-refractivity contribution in [3.8, 4) is 11.3 Å². The molecule has 5 heteroatoms. The first-order chi connectivity index (χ1) is 10.2. The number of pyridine rings is 1. The molecule has 1 aromatic carbocycles. The van der Waals surface area contributed by atoms with Crippen molar-refractivity contribution in [1.82, 2.24) is 15.0 Å². The number of benzene rings is 1. The molecule has 21 heavy (non-hydrogen) atoms. The van der Waals surface area contributed by atoms with Gasteiger partial charge in [-0.2, -0.15) is 0 Å². The van der Waals surface area contributed by atoms with Gasteiger partial charge in [0.15, 0.2) is 0 Å². The Morgan fingerprint density at radius 1 is 1.00 bits per heavy atom. The lowest BCUT2D eigenvalue weighted by Crippen LogP contribution is -1.99. The predicted octanol–water partition coefficient (Wildman–Crippen LogP) is 4.24. The number of nitrogens with zero attached hydrogens (tertiary/aromatic N) is 3. The van der Waals surface area contributed by atoms with Crippen LogP contribution in [0.3, 0.4) is 0 Å². The second-order valence-electron chi connectivity index (χ2n) is 4.58. The summed E-state index contributed by atoms with van der Waals surface area (Å²) in [7, 11) is 0. The van der Waals surface area contributed by atoms with Crippen molar-refractivity contribution in [1.29, 1.82) is 0 Å². The van der Waals surface area contributed by atoms with Crippen molar-refractivity contribution in [2.75, 3.05) is 5.32 Å². The van der Waals surface area contributed by atoms with Crippen molar-refractivity contribution < 1.29 is 0 Å². The van der Waals surface area contributed by atoms with Crippen LogP contribution in [-0.2, 0) is 0 Å². The maximum absolute atomic E-state index is 5.80. The molecule has 2 heterocycles. The zero-order valence-electron chi connectivity index (χ0n) is 11.4. The number of hydrogen-bond donors (Lipinski definition) is 1. The first-order valence-corrected chi connectivity index (χ1v) is 6.88. The van der Waals surface area contributed by atoms with Crippen LogP contribution < -0.4 is 5.32 Å². The molecule has 1 N–H and O–H groups in total. The van der Waals surface area contributed by atoms with Gasteiger partial charge in [-0.1, -0.05) is 29.8 Å². The van der Waals surface area contributed by atoms with E-state index >= 15 is 0 Å². The predicted molar refractivity (Wildman–Crippen MR) is 84.7 cm³/mol. The van der Waals surface area contributed by atoms with Gasteiger partial charge in [0.2, 0.25) is 5.95 Å². The van der Waals surface area contributed by atoms with Gasteiger partial charge in [0.05, 0.1) is 5.69 Å². The van der Waals surface area contributed by atoms with E-state index in [1.807, 2.05) is 43.3 Å². The maximum atomic E-state index is 5.80. The van der Waals surface area contributed by atoms with Crippen LogP contribution in [0.25, 0.3) is 11.3 Å². The molecule has 0 amide bonds. The molecule has 0 fully saturated rings. The summed E-state index contributed by atoms with van der Waals surface area (Å²) in [5, 5.41) is 3.69. The van der Waals surface area contributed by atoms with E-state index in [1.165, 1.54) is 0 Å². The van der Waals surface area contributed by atoms with Gasteiger partial charge in [0.1, 0.15) is 5.15 Å². The molecule has 0 saturated heterocycles. The minimum Gasteiger partial charge on any atom is -0.324 e. The Morgan fingerprint density at radius 2 is 1.86 bits per heavy atom. The topological polar surface area (TPSA) is 50.7 Å². The minimum atomic E-state index is 0.464. The van der Waals surface area contributed by atoms with Crippen molar-refractivity contribution in [2.24, 2.45) is 0 Å². The lowest BCUT2D eigenvalue weighted by atomic mass is 10.2. The normalized spacial score (nSPS) is 10.4. The number of hydrogen-bond acceptors (Lipinski definition) is 4. The Labute approximate surface area is 127 Å². The van der Waals surface area contributed by atoms with Gasteiger partial charge < -0.3 is 5.32 Å². The third-order valence-electron chi connectivity index (χ3n) is 3.07. The molecule has 0 aliphatic heterocycles. The van der Waals surface area contributed by atoms with Crippen LogP contribution in [0.15, 0.2) is 54.9 Å².